The molecule has 9 atom stereocenters. The highest BCUT2D eigenvalue weighted by molar-refractivity contribution is 8.07. The van der Waals surface area contributed by atoms with E-state index in [1.807, 2.05) is 4.98 Å². The van der Waals surface area contributed by atoms with E-state index in [9.17, 15) is 29.1 Å². The molecule has 0 bridgehead atoms. The van der Waals surface area contributed by atoms with Crippen LogP contribution in [-0.2, 0) is 30.3 Å². The third-order valence-corrected chi connectivity index (χ3v) is 7.85. The van der Waals surface area contributed by atoms with E-state index in [1.54, 1.807) is 0 Å². The molecule has 0 aromatic carbocycles. The maximum atomic E-state index is 15.3. The number of aromatic amines is 1. The molecule has 0 radical (unpaired) electrons. The van der Waals surface area contributed by atoms with Gasteiger partial charge in [-0.3, -0.25) is 23.4 Å². The standard InChI is InChI=1S/C20H23F2N6O9PS/c21-12-15(31)10(36-18(12)28-7-25-14-8(23)1-3-24-17(14)28)6-34-38(33,39)37-16-9(5-29)35-19(13(16)22)27-4-2-11(30)26-20(27)32/h1-4,7,9-10,12-13,15-16,18-19,29,31H,5-6H2,(H2,23,24)(H,33,39)(H,26,30,32)/t9-,10-,12?,13?,15+,16+,18-,19-,38?/m1/s1. The molecule has 2 aliphatic rings. The number of imidazole rings is 1. The number of H-pyrrole nitrogens is 1. The summed E-state index contributed by atoms with van der Waals surface area (Å²) >= 11 is 4.95. The van der Waals surface area contributed by atoms with Crippen molar-refractivity contribution in [3.8, 4) is 0 Å². The van der Waals surface area contributed by atoms with Crippen LogP contribution in [0.5, 0.6) is 0 Å². The van der Waals surface area contributed by atoms with Gasteiger partial charge in [0.25, 0.3) is 5.56 Å². The first kappa shape index (κ1) is 27.9. The van der Waals surface area contributed by atoms with E-state index in [1.165, 1.54) is 23.2 Å². The van der Waals surface area contributed by atoms with Crippen LogP contribution in [0.1, 0.15) is 12.5 Å². The number of halogens is 2. The van der Waals surface area contributed by atoms with Crippen LogP contribution in [-0.4, -0.2) is 89.2 Å². The second-order valence-electron chi connectivity index (χ2n) is 8.77. The Balaban J connectivity index is 1.26. The van der Waals surface area contributed by atoms with Gasteiger partial charge in [0.15, 0.2) is 30.4 Å². The fourth-order valence-electron chi connectivity index (χ4n) is 4.38. The molecule has 5 rings (SSSR count). The number of aliphatic hydroxyl groups is 2. The molecule has 6 N–H and O–H groups in total. The molecule has 5 heterocycles. The third-order valence-electron chi connectivity index (χ3n) is 6.29. The maximum Gasteiger partial charge on any atom is 0.330 e. The number of nitrogen functional groups attached to an aromatic ring is 1. The van der Waals surface area contributed by atoms with Crippen molar-refractivity contribution < 1.29 is 42.4 Å². The molecule has 39 heavy (non-hydrogen) atoms. The fraction of sp³-hybridized carbons (Fsp3) is 0.500. The Bertz CT molecular complexity index is 1520. The van der Waals surface area contributed by atoms with Crippen molar-refractivity contribution >= 4 is 35.4 Å². The van der Waals surface area contributed by atoms with Gasteiger partial charge in [0.2, 0.25) is 0 Å². The zero-order valence-corrected chi connectivity index (χ0v) is 21.4. The highest BCUT2D eigenvalue weighted by Gasteiger charge is 2.50. The molecule has 3 aromatic heterocycles. The Morgan fingerprint density at radius 2 is 1.87 bits per heavy atom. The van der Waals surface area contributed by atoms with Gasteiger partial charge in [-0.2, -0.15) is 0 Å². The number of fused-ring (bicyclic) bond motifs is 1. The smallest absolute Gasteiger partial charge is 0.330 e. The summed E-state index contributed by atoms with van der Waals surface area (Å²) in [5, 5.41) is 20.0. The van der Waals surface area contributed by atoms with Crippen molar-refractivity contribution in [3.05, 3.63) is 51.7 Å². The molecule has 3 unspecified atom stereocenters. The monoisotopic (exact) mass is 592 g/mol. The third kappa shape index (κ3) is 5.27. The number of aliphatic hydroxyl groups excluding tert-OH is 2. The Kier molecular flexibility index (Phi) is 7.66. The van der Waals surface area contributed by atoms with Gasteiger partial charge in [-0.05, 0) is 17.9 Å². The lowest BCUT2D eigenvalue weighted by atomic mass is 10.1. The quantitative estimate of drug-likeness (QED) is 0.199. The van der Waals surface area contributed by atoms with Crippen LogP contribution in [0, 0.1) is 0 Å². The minimum atomic E-state index is -4.30. The SMILES string of the molecule is Nc1ccnc2c1ncn2[C@@H]1O[C@H](COP(O)(=S)O[C@@H]2C(F)[C@H](n3ccc(=O)[nH]c3=O)O[C@@H]2CO)[C@H](O)C1F. The molecule has 0 saturated carbocycles. The minimum absolute atomic E-state index is 0.216. The Labute approximate surface area is 222 Å². The van der Waals surface area contributed by atoms with Crippen LogP contribution in [0.4, 0.5) is 14.5 Å². The number of aromatic nitrogens is 5. The number of hydrogen-bond acceptors (Lipinski definition) is 12. The summed E-state index contributed by atoms with van der Waals surface area (Å²) in [6.45, 7) is -5.72. The van der Waals surface area contributed by atoms with E-state index in [4.69, 9.17) is 36.1 Å². The molecular weight excluding hydrogens is 569 g/mol. The highest BCUT2D eigenvalue weighted by atomic mass is 32.5. The zero-order valence-electron chi connectivity index (χ0n) is 19.7. The molecule has 212 valence electrons. The van der Waals surface area contributed by atoms with Crippen molar-refractivity contribution in [1.29, 1.82) is 0 Å². The van der Waals surface area contributed by atoms with E-state index in [2.05, 4.69) is 9.97 Å². The average Bonchev–Trinajstić information content (AvgIpc) is 3.53. The summed E-state index contributed by atoms with van der Waals surface area (Å²) in [7, 11) is 0. The first-order valence-electron chi connectivity index (χ1n) is 11.4. The molecule has 2 saturated heterocycles. The number of rotatable bonds is 8. The summed E-state index contributed by atoms with van der Waals surface area (Å²) in [4.78, 5) is 44.1. The topological polar surface area (TPSA) is 209 Å². The lowest BCUT2D eigenvalue weighted by molar-refractivity contribution is -0.0535. The number of anilines is 1. The molecule has 2 fully saturated rings. The van der Waals surface area contributed by atoms with Crippen LogP contribution in [0.15, 0.2) is 40.4 Å². The van der Waals surface area contributed by atoms with Gasteiger partial charge in [-0.25, -0.2) is 23.5 Å². The molecule has 2 aliphatic heterocycles. The van der Waals surface area contributed by atoms with Crippen molar-refractivity contribution in [2.24, 2.45) is 0 Å². The van der Waals surface area contributed by atoms with Crippen LogP contribution in [0.25, 0.3) is 11.2 Å². The van der Waals surface area contributed by atoms with E-state index in [0.717, 1.165) is 16.8 Å². The van der Waals surface area contributed by atoms with Crippen molar-refractivity contribution in [2.75, 3.05) is 18.9 Å². The van der Waals surface area contributed by atoms with Gasteiger partial charge in [0.05, 0.1) is 25.2 Å². The minimum Gasteiger partial charge on any atom is -0.397 e. The van der Waals surface area contributed by atoms with E-state index < -0.39 is 80.4 Å². The maximum absolute atomic E-state index is 15.3. The number of nitrogens with two attached hydrogens (primary N) is 1. The molecule has 19 heteroatoms. The van der Waals surface area contributed by atoms with Gasteiger partial charge >= 0.3 is 12.4 Å². The molecule has 0 spiro atoms. The average molecular weight is 592 g/mol. The number of pyridine rings is 1. The van der Waals surface area contributed by atoms with Crippen LogP contribution in [0.3, 0.4) is 0 Å². The van der Waals surface area contributed by atoms with Crippen molar-refractivity contribution in [2.45, 2.75) is 49.2 Å². The van der Waals surface area contributed by atoms with Crippen LogP contribution in [0.2, 0.25) is 0 Å². The molecule has 0 aliphatic carbocycles. The number of hydrogen-bond donors (Lipinski definition) is 5. The Hall–Kier alpha value is -2.67. The summed E-state index contributed by atoms with van der Waals surface area (Å²) in [5.74, 6) is 0. The van der Waals surface area contributed by atoms with E-state index in [-0.39, 0.29) is 5.65 Å². The van der Waals surface area contributed by atoms with Gasteiger partial charge in [0, 0.05) is 18.5 Å². The predicted octanol–water partition coefficient (Wildman–Crippen LogP) is -0.993. The largest absolute Gasteiger partial charge is 0.397 e. The summed E-state index contributed by atoms with van der Waals surface area (Å²) in [6, 6.07) is 2.48. The molecule has 0 amide bonds. The Morgan fingerprint density at radius 3 is 2.59 bits per heavy atom. The van der Waals surface area contributed by atoms with Crippen LogP contribution < -0.4 is 17.0 Å². The van der Waals surface area contributed by atoms with Crippen molar-refractivity contribution in [3.63, 3.8) is 0 Å². The summed E-state index contributed by atoms with van der Waals surface area (Å²) < 4.78 is 53.7. The van der Waals surface area contributed by atoms with Gasteiger partial charge in [0.1, 0.15) is 29.9 Å². The number of nitrogens with zero attached hydrogens (tertiary/aromatic N) is 4. The van der Waals surface area contributed by atoms with Crippen molar-refractivity contribution in [1.82, 2.24) is 24.1 Å². The van der Waals surface area contributed by atoms with E-state index >= 15 is 4.39 Å². The molecule has 15 nitrogen and oxygen atoms in total. The molecule has 3 aromatic rings. The number of alkyl halides is 2. The Morgan fingerprint density at radius 1 is 1.15 bits per heavy atom. The van der Waals surface area contributed by atoms with Gasteiger partial charge in [-0.15, -0.1) is 0 Å². The predicted molar refractivity (Wildman–Crippen MR) is 131 cm³/mol. The fourth-order valence-corrected chi connectivity index (χ4v) is 5.81. The second kappa shape index (κ2) is 10.7. The number of ether oxygens (including phenoxy) is 2. The first-order chi connectivity index (χ1) is 18.5. The van der Waals surface area contributed by atoms with Gasteiger partial charge in [-0.1, -0.05) is 0 Å². The summed E-state index contributed by atoms with van der Waals surface area (Å²) in [5.41, 5.74) is 4.99. The normalized spacial score (nSPS) is 32.5. The first-order valence-corrected chi connectivity index (χ1v) is 14.0. The number of nitrogens with one attached hydrogen (secondary N) is 1. The highest BCUT2D eigenvalue weighted by Crippen LogP contribution is 2.50. The molecular formula is C20H23F2N6O9PS. The summed E-state index contributed by atoms with van der Waals surface area (Å²) in [6.07, 6.45) is -9.52. The zero-order chi connectivity index (χ0) is 28.1. The van der Waals surface area contributed by atoms with Gasteiger partial charge < -0.3 is 34.8 Å². The lowest BCUT2D eigenvalue weighted by Crippen LogP contribution is -2.36. The lowest BCUT2D eigenvalue weighted by Gasteiger charge is -2.25. The second-order valence-corrected chi connectivity index (χ2v) is 11.6. The van der Waals surface area contributed by atoms with E-state index in [0.29, 0.717) is 11.2 Å². The van der Waals surface area contributed by atoms with Crippen LogP contribution >= 0.6 is 6.72 Å².